The fraction of sp³-hybridized carbons (Fsp3) is 0.286. The van der Waals surface area contributed by atoms with E-state index in [1.54, 1.807) is 0 Å². The average molecular weight is 645 g/mol. The molecule has 2 aromatic heterocycles. The molecule has 2 saturated heterocycles. The molecule has 3 amide bonds. The number of rotatable bonds is 6. The first-order valence-corrected chi connectivity index (χ1v) is 14.3. The summed E-state index contributed by atoms with van der Waals surface area (Å²) in [6.07, 6.45) is -4.07. The Morgan fingerprint density at radius 2 is 2.02 bits per heavy atom. The van der Waals surface area contributed by atoms with E-state index in [2.05, 4.69) is 30.4 Å². The largest absolute Gasteiger partial charge is 0.491 e. The molecule has 0 saturated carbocycles. The van der Waals surface area contributed by atoms with Crippen LogP contribution in [0, 0.1) is 0 Å². The van der Waals surface area contributed by atoms with E-state index in [-0.39, 0.29) is 40.7 Å². The van der Waals surface area contributed by atoms with Crippen molar-refractivity contribution < 1.29 is 47.1 Å². The number of thiazole rings is 1. The maximum Gasteiger partial charge on any atom is 0.491 e. The van der Waals surface area contributed by atoms with Crippen molar-refractivity contribution in [3.8, 4) is 0 Å². The van der Waals surface area contributed by atoms with Gasteiger partial charge in [0.15, 0.2) is 10.8 Å². The highest BCUT2D eigenvalue weighted by Gasteiger charge is 2.55. The van der Waals surface area contributed by atoms with Crippen molar-refractivity contribution in [2.75, 3.05) is 22.9 Å². The Labute approximate surface area is 243 Å². The molecule has 2 aromatic rings. The minimum Gasteiger partial charge on any atom is -0.410 e. The smallest absolute Gasteiger partial charge is 0.410 e. The molecular weight excluding hydrogens is 629 g/mol. The summed E-state index contributed by atoms with van der Waals surface area (Å²) in [6, 6.07) is -1.31. The summed E-state index contributed by atoms with van der Waals surface area (Å²) >= 11 is 3.08. The number of carbonyl (C=O) groups is 5. The van der Waals surface area contributed by atoms with Crippen LogP contribution in [0.1, 0.15) is 12.1 Å². The monoisotopic (exact) mass is 644 g/mol. The number of halogens is 3. The molecular formula is C21H15F3N8O7S3. The van der Waals surface area contributed by atoms with Crippen LogP contribution in [0.4, 0.5) is 23.4 Å². The summed E-state index contributed by atoms with van der Waals surface area (Å²) in [4.78, 5) is 69.1. The van der Waals surface area contributed by atoms with Gasteiger partial charge in [0.2, 0.25) is 5.13 Å². The van der Waals surface area contributed by atoms with Crippen molar-refractivity contribution >= 4 is 80.1 Å². The van der Waals surface area contributed by atoms with Crippen LogP contribution in [0.5, 0.6) is 0 Å². The Kier molecular flexibility index (Phi) is 7.72. The fourth-order valence-corrected chi connectivity index (χ4v) is 6.62. The van der Waals surface area contributed by atoms with Crippen LogP contribution in [0.25, 0.3) is 0 Å². The number of fused-ring (bicyclic) bond motifs is 1. The van der Waals surface area contributed by atoms with E-state index in [1.165, 1.54) is 21.9 Å². The Morgan fingerprint density at radius 1 is 1.26 bits per heavy atom. The van der Waals surface area contributed by atoms with Crippen molar-refractivity contribution in [3.63, 3.8) is 0 Å². The molecule has 3 aliphatic heterocycles. The number of allylic oxidation sites excluding steroid dienone is 1. The fourth-order valence-electron chi connectivity index (χ4n) is 4.18. The second kappa shape index (κ2) is 11.1. The van der Waals surface area contributed by atoms with Crippen LogP contribution < -0.4 is 16.0 Å². The van der Waals surface area contributed by atoms with Gasteiger partial charge in [-0.25, -0.2) is 14.6 Å². The lowest BCUT2D eigenvalue weighted by molar-refractivity contribution is -0.201. The van der Waals surface area contributed by atoms with Gasteiger partial charge >= 0.3 is 18.1 Å². The number of nitrogen functional groups attached to an aromatic ring is 1. The number of thioether (sulfide) groups is 1. The van der Waals surface area contributed by atoms with Crippen molar-refractivity contribution in [3.05, 3.63) is 39.5 Å². The Bertz CT molecular complexity index is 1590. The van der Waals surface area contributed by atoms with Crippen molar-refractivity contribution in [2.45, 2.75) is 24.0 Å². The number of β-lactam (4-membered cyclic amide) rings is 1. The van der Waals surface area contributed by atoms with Gasteiger partial charge in [0, 0.05) is 23.3 Å². The molecule has 42 heavy (non-hydrogen) atoms. The van der Waals surface area contributed by atoms with Gasteiger partial charge in [0.05, 0.1) is 0 Å². The molecule has 2 fully saturated rings. The minimum atomic E-state index is -5.50. The lowest BCUT2D eigenvalue weighted by atomic mass is 10.0. The van der Waals surface area contributed by atoms with Crippen LogP contribution in [0.2, 0.25) is 0 Å². The number of nitrogens with one attached hydrogen (secondary N) is 1. The van der Waals surface area contributed by atoms with Crippen molar-refractivity contribution in [1.29, 1.82) is 0 Å². The van der Waals surface area contributed by atoms with E-state index in [0.29, 0.717) is 5.13 Å². The summed E-state index contributed by atoms with van der Waals surface area (Å²) in [6.45, 7) is 0.214. The topological polar surface area (TPSA) is 210 Å². The van der Waals surface area contributed by atoms with Gasteiger partial charge in [-0.3, -0.25) is 24.2 Å². The summed E-state index contributed by atoms with van der Waals surface area (Å²) in [5.74, 6) is -7.15. The van der Waals surface area contributed by atoms with Gasteiger partial charge in [0.1, 0.15) is 28.3 Å². The first-order valence-electron chi connectivity index (χ1n) is 11.4. The lowest BCUT2D eigenvalue weighted by Gasteiger charge is -2.49. The molecule has 0 unspecified atom stereocenters. The zero-order chi connectivity index (χ0) is 30.3. The highest BCUT2D eigenvalue weighted by Crippen LogP contribution is 2.42. The maximum absolute atomic E-state index is 13.1. The van der Waals surface area contributed by atoms with Crippen LogP contribution >= 0.6 is 34.4 Å². The molecule has 3 aliphatic rings. The number of oxime groups is 1. The predicted molar refractivity (Wildman–Crippen MR) is 139 cm³/mol. The van der Waals surface area contributed by atoms with E-state index in [9.17, 15) is 42.4 Å². The Balaban J connectivity index is 1.42. The zero-order valence-corrected chi connectivity index (χ0v) is 23.0. The first kappa shape index (κ1) is 29.1. The van der Waals surface area contributed by atoms with E-state index in [0.717, 1.165) is 39.3 Å². The molecule has 0 radical (unpaired) electrons. The summed E-state index contributed by atoms with van der Waals surface area (Å²) in [5, 5.41) is 22.7. The van der Waals surface area contributed by atoms with E-state index in [4.69, 9.17) is 5.73 Å². The second-order valence-electron chi connectivity index (χ2n) is 8.53. The molecule has 5 heterocycles. The molecule has 220 valence electrons. The quantitative estimate of drug-likeness (QED) is 0.0742. The molecule has 5 rings (SSSR count). The molecule has 0 aromatic carbocycles. The van der Waals surface area contributed by atoms with Gasteiger partial charge in [-0.05, 0) is 18.1 Å². The number of hydrogen-bond donors (Lipinski definition) is 3. The predicted octanol–water partition coefficient (Wildman–Crippen LogP) is 0.405. The molecule has 21 heteroatoms. The Morgan fingerprint density at radius 3 is 2.64 bits per heavy atom. The number of anilines is 2. The Hall–Kier alpha value is -4.37. The summed E-state index contributed by atoms with van der Waals surface area (Å²) in [5.41, 5.74) is 5.74. The van der Waals surface area contributed by atoms with Crippen molar-refractivity contribution in [2.24, 2.45) is 5.16 Å². The third-order valence-corrected chi connectivity index (χ3v) is 8.72. The molecule has 0 aliphatic carbocycles. The van der Waals surface area contributed by atoms with Crippen LogP contribution in [-0.4, -0.2) is 90.5 Å². The van der Waals surface area contributed by atoms with E-state index >= 15 is 0 Å². The number of amides is 3. The summed E-state index contributed by atoms with van der Waals surface area (Å²) in [7, 11) is 0. The van der Waals surface area contributed by atoms with Gasteiger partial charge in [0.25, 0.3) is 17.7 Å². The van der Waals surface area contributed by atoms with E-state index < -0.39 is 58.7 Å². The lowest BCUT2D eigenvalue weighted by Crippen LogP contribution is -2.71. The van der Waals surface area contributed by atoms with Gasteiger partial charge in [-0.2, -0.15) is 13.2 Å². The molecule has 4 N–H and O–H groups in total. The normalized spacial score (nSPS) is 21.9. The van der Waals surface area contributed by atoms with Crippen molar-refractivity contribution in [1.82, 2.24) is 25.4 Å². The second-order valence-corrected chi connectivity index (χ2v) is 11.3. The summed E-state index contributed by atoms with van der Waals surface area (Å²) < 4.78 is 42.6. The van der Waals surface area contributed by atoms with Crippen LogP contribution in [0.3, 0.4) is 0 Å². The highest BCUT2D eigenvalue weighted by atomic mass is 32.2. The molecule has 0 spiro atoms. The van der Waals surface area contributed by atoms with Crippen LogP contribution in [-0.2, 0) is 28.7 Å². The molecule has 15 nitrogen and oxygen atoms in total. The minimum absolute atomic E-state index is 0.0487. The van der Waals surface area contributed by atoms with Gasteiger partial charge in [-0.1, -0.05) is 16.5 Å². The third-order valence-electron chi connectivity index (χ3n) is 6.03. The average Bonchev–Trinajstić information content (AvgIpc) is 3.69. The highest BCUT2D eigenvalue weighted by molar-refractivity contribution is 8.00. The standard InChI is InChI=1S/C21H15F3N8O7S3/c22-21(23,24)18(37)39-17(36)12-8(3-7-1-2-31(14(7)34)20-29-26-6-42-20)4-40-16-11(15(35)32(12)16)28-13(33)10(30-38)9-5-41-19(25)27-9/h3,5-6,11,16,38H,1-2,4H2,(H2,25,27)(H,28,33)/b7-3+,30-10-/t11-,16-/m1/s1. The third kappa shape index (κ3) is 5.32. The number of ether oxygens (including phenoxy) is 1. The van der Waals surface area contributed by atoms with Gasteiger partial charge in [-0.15, -0.1) is 33.3 Å². The molecule has 0 bridgehead atoms. The molecule has 2 atom stereocenters. The number of esters is 2. The van der Waals surface area contributed by atoms with Crippen LogP contribution in [0.15, 0.2) is 39.0 Å². The first-order chi connectivity index (χ1) is 19.9. The number of nitrogens with two attached hydrogens (primary N) is 1. The maximum atomic E-state index is 13.1. The number of aromatic nitrogens is 3. The number of nitrogens with zero attached hydrogens (tertiary/aromatic N) is 6. The number of hydrogen-bond acceptors (Lipinski definition) is 15. The zero-order valence-electron chi connectivity index (χ0n) is 20.5. The van der Waals surface area contributed by atoms with Gasteiger partial charge < -0.3 is 21.0 Å². The number of alkyl halides is 3. The number of carbonyl (C=O) groups excluding carboxylic acids is 5. The van der Waals surface area contributed by atoms with E-state index in [1.807, 2.05) is 0 Å². The SMILES string of the molecule is Nc1nc(/C(=N/O)C(=O)N[C@@H]2C(=O)N3C(C(=O)OC(=O)C(F)(F)F)=C(/C=C4\CCN(c5nncs5)C4=O)CS[C@H]23)cs1.